The zero-order valence-electron chi connectivity index (χ0n) is 10.4. The van der Waals surface area contributed by atoms with Crippen molar-refractivity contribution in [2.45, 2.75) is 6.92 Å². The molecule has 0 aliphatic rings. The molecule has 2 aromatic heterocycles. The van der Waals surface area contributed by atoms with Crippen LogP contribution in [0.1, 0.15) is 5.69 Å². The van der Waals surface area contributed by atoms with Gasteiger partial charge in [0.15, 0.2) is 0 Å². The Morgan fingerprint density at radius 1 is 1.17 bits per heavy atom. The Kier molecular flexibility index (Phi) is 2.30. The monoisotopic (exact) mass is 238 g/mol. The van der Waals surface area contributed by atoms with Gasteiger partial charge in [-0.15, -0.1) is 0 Å². The summed E-state index contributed by atoms with van der Waals surface area (Å²) in [6.07, 6.45) is 1.93. The molecule has 1 aromatic carbocycles. The molecule has 0 atom stereocenters. The molecule has 2 N–H and O–H groups in total. The summed E-state index contributed by atoms with van der Waals surface area (Å²) >= 11 is 0. The average molecular weight is 238 g/mol. The number of hydrogen-bond donors (Lipinski definition) is 1. The first-order valence-corrected chi connectivity index (χ1v) is 5.80. The maximum Gasteiger partial charge on any atom is 0.0923 e. The summed E-state index contributed by atoms with van der Waals surface area (Å²) in [6.45, 7) is 1.95. The molecule has 0 radical (unpaired) electrons. The molecule has 0 aliphatic heterocycles. The molecule has 4 heteroatoms. The van der Waals surface area contributed by atoms with E-state index in [0.29, 0.717) is 0 Å². The van der Waals surface area contributed by atoms with Crippen LogP contribution in [-0.2, 0) is 7.05 Å². The number of hydrogen-bond acceptors (Lipinski definition) is 3. The molecule has 0 amide bonds. The van der Waals surface area contributed by atoms with Crippen molar-refractivity contribution in [3.63, 3.8) is 0 Å². The van der Waals surface area contributed by atoms with Crippen molar-refractivity contribution in [1.29, 1.82) is 0 Å². The average Bonchev–Trinajstić information content (AvgIpc) is 2.75. The molecular weight excluding hydrogens is 224 g/mol. The Hall–Kier alpha value is -2.36. The zero-order chi connectivity index (χ0) is 12.7. The fourth-order valence-corrected chi connectivity index (χ4v) is 2.12. The number of anilines is 1. The van der Waals surface area contributed by atoms with Crippen molar-refractivity contribution in [3.8, 4) is 11.3 Å². The third-order valence-electron chi connectivity index (χ3n) is 2.98. The van der Waals surface area contributed by atoms with E-state index in [0.717, 1.165) is 33.5 Å². The second-order valence-corrected chi connectivity index (χ2v) is 4.46. The van der Waals surface area contributed by atoms with E-state index in [1.807, 2.05) is 50.5 Å². The summed E-state index contributed by atoms with van der Waals surface area (Å²) in [5.41, 5.74) is 10.6. The lowest BCUT2D eigenvalue weighted by molar-refractivity contribution is 0.771. The van der Waals surface area contributed by atoms with Crippen molar-refractivity contribution in [3.05, 3.63) is 42.2 Å². The Balaban J connectivity index is 2.22. The number of rotatable bonds is 1. The highest BCUT2D eigenvalue weighted by atomic mass is 15.2. The molecule has 0 spiro atoms. The minimum absolute atomic E-state index is 0.769. The fourth-order valence-electron chi connectivity index (χ4n) is 2.12. The van der Waals surface area contributed by atoms with Gasteiger partial charge in [-0.25, -0.2) is 0 Å². The molecule has 3 rings (SSSR count). The minimum Gasteiger partial charge on any atom is -0.398 e. The van der Waals surface area contributed by atoms with Crippen LogP contribution in [0, 0.1) is 6.92 Å². The van der Waals surface area contributed by atoms with E-state index in [4.69, 9.17) is 5.73 Å². The largest absolute Gasteiger partial charge is 0.398 e. The highest BCUT2D eigenvalue weighted by Crippen LogP contribution is 2.25. The van der Waals surface area contributed by atoms with Crippen molar-refractivity contribution in [2.75, 3.05) is 5.73 Å². The van der Waals surface area contributed by atoms with Crippen LogP contribution < -0.4 is 5.73 Å². The van der Waals surface area contributed by atoms with Gasteiger partial charge in [-0.3, -0.25) is 9.67 Å². The molecule has 4 nitrogen and oxygen atoms in total. The third-order valence-corrected chi connectivity index (χ3v) is 2.98. The number of nitrogen functional groups attached to an aromatic ring is 1. The summed E-state index contributed by atoms with van der Waals surface area (Å²) in [7, 11) is 1.91. The van der Waals surface area contributed by atoms with Crippen LogP contribution in [0.15, 0.2) is 36.5 Å². The van der Waals surface area contributed by atoms with E-state index in [-0.39, 0.29) is 0 Å². The van der Waals surface area contributed by atoms with Crippen LogP contribution >= 0.6 is 0 Å². The summed E-state index contributed by atoms with van der Waals surface area (Å²) in [5, 5.41) is 5.38. The molecular formula is C14H14N4. The second kappa shape index (κ2) is 3.84. The lowest BCUT2D eigenvalue weighted by atomic mass is 10.1. The van der Waals surface area contributed by atoms with Gasteiger partial charge in [-0.2, -0.15) is 5.10 Å². The Morgan fingerprint density at radius 2 is 2.00 bits per heavy atom. The molecule has 0 aliphatic carbocycles. The van der Waals surface area contributed by atoms with Gasteiger partial charge in [0.25, 0.3) is 0 Å². The minimum atomic E-state index is 0.769. The molecule has 2 heterocycles. The van der Waals surface area contributed by atoms with Crippen LogP contribution in [0.5, 0.6) is 0 Å². The van der Waals surface area contributed by atoms with Crippen LogP contribution in [-0.4, -0.2) is 14.8 Å². The quantitative estimate of drug-likeness (QED) is 0.708. The smallest absolute Gasteiger partial charge is 0.0923 e. The highest BCUT2D eigenvalue weighted by molar-refractivity contribution is 5.92. The molecule has 0 saturated carbocycles. The van der Waals surface area contributed by atoms with Crippen LogP contribution in [0.2, 0.25) is 0 Å². The van der Waals surface area contributed by atoms with E-state index < -0.39 is 0 Å². The normalized spacial score (nSPS) is 11.0. The Labute approximate surface area is 105 Å². The number of nitrogens with zero attached hydrogens (tertiary/aromatic N) is 3. The maximum atomic E-state index is 5.99. The summed E-state index contributed by atoms with van der Waals surface area (Å²) in [5.74, 6) is 0. The van der Waals surface area contributed by atoms with Crippen molar-refractivity contribution >= 4 is 16.6 Å². The molecule has 3 aromatic rings. The topological polar surface area (TPSA) is 56.7 Å². The molecule has 90 valence electrons. The number of benzene rings is 1. The number of aromatic nitrogens is 3. The standard InChI is InChI=1S/C14H14N4/c1-9-7-12(15)11-4-3-10(8-14(11)16-9)13-5-6-18(2)17-13/h3-8H,1-2H3,(H2,15,16). The predicted molar refractivity (Wildman–Crippen MR) is 73.1 cm³/mol. The number of fused-ring (bicyclic) bond motifs is 1. The van der Waals surface area contributed by atoms with E-state index >= 15 is 0 Å². The van der Waals surface area contributed by atoms with Gasteiger partial charge in [0.2, 0.25) is 0 Å². The molecule has 0 unspecified atom stereocenters. The lowest BCUT2D eigenvalue weighted by Gasteiger charge is -2.05. The van der Waals surface area contributed by atoms with Gasteiger partial charge in [0.1, 0.15) is 0 Å². The summed E-state index contributed by atoms with van der Waals surface area (Å²) in [6, 6.07) is 9.93. The van der Waals surface area contributed by atoms with Gasteiger partial charge < -0.3 is 5.73 Å². The SMILES string of the molecule is Cc1cc(N)c2ccc(-c3ccn(C)n3)cc2n1. The third kappa shape index (κ3) is 1.72. The van der Waals surface area contributed by atoms with E-state index in [9.17, 15) is 0 Å². The Morgan fingerprint density at radius 3 is 2.72 bits per heavy atom. The molecule has 0 fully saturated rings. The van der Waals surface area contributed by atoms with Gasteiger partial charge in [0, 0.05) is 35.6 Å². The van der Waals surface area contributed by atoms with Crippen molar-refractivity contribution < 1.29 is 0 Å². The fraction of sp³-hybridized carbons (Fsp3) is 0.143. The highest BCUT2D eigenvalue weighted by Gasteiger charge is 2.05. The van der Waals surface area contributed by atoms with Crippen molar-refractivity contribution in [1.82, 2.24) is 14.8 Å². The van der Waals surface area contributed by atoms with Crippen LogP contribution in [0.3, 0.4) is 0 Å². The van der Waals surface area contributed by atoms with E-state index in [2.05, 4.69) is 10.1 Å². The molecule has 0 bridgehead atoms. The van der Waals surface area contributed by atoms with Crippen LogP contribution in [0.4, 0.5) is 5.69 Å². The summed E-state index contributed by atoms with van der Waals surface area (Å²) < 4.78 is 1.79. The van der Waals surface area contributed by atoms with Crippen LogP contribution in [0.25, 0.3) is 22.2 Å². The first-order chi connectivity index (χ1) is 8.63. The molecule has 0 saturated heterocycles. The van der Waals surface area contributed by atoms with E-state index in [1.54, 1.807) is 4.68 Å². The van der Waals surface area contributed by atoms with Crippen molar-refractivity contribution in [2.24, 2.45) is 7.05 Å². The first kappa shape index (κ1) is 10.8. The summed E-state index contributed by atoms with van der Waals surface area (Å²) in [4.78, 5) is 4.51. The van der Waals surface area contributed by atoms with Gasteiger partial charge >= 0.3 is 0 Å². The number of aryl methyl sites for hydroxylation is 2. The number of nitrogens with two attached hydrogens (primary N) is 1. The second-order valence-electron chi connectivity index (χ2n) is 4.46. The first-order valence-electron chi connectivity index (χ1n) is 5.80. The Bertz CT molecular complexity index is 728. The zero-order valence-corrected chi connectivity index (χ0v) is 10.4. The lowest BCUT2D eigenvalue weighted by Crippen LogP contribution is -1.93. The maximum absolute atomic E-state index is 5.99. The number of pyridine rings is 1. The van der Waals surface area contributed by atoms with E-state index in [1.165, 1.54) is 0 Å². The predicted octanol–water partition coefficient (Wildman–Crippen LogP) is 2.53. The molecule has 18 heavy (non-hydrogen) atoms. The van der Waals surface area contributed by atoms with Gasteiger partial charge in [-0.1, -0.05) is 12.1 Å². The van der Waals surface area contributed by atoms with Gasteiger partial charge in [0.05, 0.1) is 11.2 Å². The van der Waals surface area contributed by atoms with Gasteiger partial charge in [-0.05, 0) is 25.1 Å².